The van der Waals surface area contributed by atoms with Crippen molar-refractivity contribution >= 4 is 23.6 Å². The van der Waals surface area contributed by atoms with Crippen LogP contribution in [0.4, 0.5) is 22.4 Å². The molecule has 3 atom stereocenters. The Labute approximate surface area is 151 Å². The zero-order valence-corrected chi connectivity index (χ0v) is 14.4. The number of aliphatic carboxylic acids is 1. The standard InChI is InChI=1S/C16H17ClF4N2O3/c1-8-4-10(14(24)25)7-23(6-8)15(26)22-13(16(19,20)21)9-2-3-12(18)11(17)5-9/h2-3,5,8,10,13H,4,6-7H2,1H3,(H,22,26)(H,24,25). The van der Waals surface area contributed by atoms with Crippen molar-refractivity contribution in [1.82, 2.24) is 10.2 Å². The zero-order valence-electron chi connectivity index (χ0n) is 13.7. The summed E-state index contributed by atoms with van der Waals surface area (Å²) in [5.74, 6) is -2.99. The van der Waals surface area contributed by atoms with Gasteiger partial charge in [-0.25, -0.2) is 9.18 Å². The van der Waals surface area contributed by atoms with Crippen LogP contribution in [0.15, 0.2) is 18.2 Å². The monoisotopic (exact) mass is 396 g/mol. The molecule has 0 aliphatic carbocycles. The molecule has 1 aliphatic heterocycles. The summed E-state index contributed by atoms with van der Waals surface area (Å²) in [6.45, 7) is 1.68. The fourth-order valence-corrected chi connectivity index (χ4v) is 3.15. The molecular weight excluding hydrogens is 380 g/mol. The van der Waals surface area contributed by atoms with E-state index in [1.54, 1.807) is 6.92 Å². The first-order valence-electron chi connectivity index (χ1n) is 7.79. The zero-order chi connectivity index (χ0) is 19.6. The summed E-state index contributed by atoms with van der Waals surface area (Å²) in [7, 11) is 0. The lowest BCUT2D eigenvalue weighted by Gasteiger charge is -2.36. The Hall–Kier alpha value is -2.03. The molecule has 2 rings (SSSR count). The van der Waals surface area contributed by atoms with Crippen molar-refractivity contribution in [2.45, 2.75) is 25.6 Å². The summed E-state index contributed by atoms with van der Waals surface area (Å²) >= 11 is 5.54. The van der Waals surface area contributed by atoms with Gasteiger partial charge in [-0.15, -0.1) is 0 Å². The van der Waals surface area contributed by atoms with Crippen molar-refractivity contribution in [3.63, 3.8) is 0 Å². The lowest BCUT2D eigenvalue weighted by Crippen LogP contribution is -2.51. The number of carboxylic acids is 1. The number of rotatable bonds is 3. The molecule has 0 radical (unpaired) electrons. The van der Waals surface area contributed by atoms with Gasteiger partial charge in [-0.05, 0) is 30.0 Å². The third-order valence-corrected chi connectivity index (χ3v) is 4.46. The number of hydrogen-bond donors (Lipinski definition) is 2. The molecule has 1 saturated heterocycles. The maximum atomic E-state index is 13.4. The summed E-state index contributed by atoms with van der Waals surface area (Å²) in [6, 6.07) is -0.960. The molecule has 1 heterocycles. The van der Waals surface area contributed by atoms with Crippen LogP contribution in [0.1, 0.15) is 24.9 Å². The van der Waals surface area contributed by atoms with E-state index < -0.39 is 46.5 Å². The Morgan fingerprint density at radius 2 is 2.00 bits per heavy atom. The third kappa shape index (κ3) is 4.78. The number of nitrogens with zero attached hydrogens (tertiary/aromatic N) is 1. The quantitative estimate of drug-likeness (QED) is 0.763. The number of carbonyl (C=O) groups excluding carboxylic acids is 1. The first kappa shape index (κ1) is 20.3. The van der Waals surface area contributed by atoms with Crippen LogP contribution in [0, 0.1) is 17.7 Å². The minimum absolute atomic E-state index is 0.143. The lowest BCUT2D eigenvalue weighted by molar-refractivity contribution is -0.156. The molecule has 0 saturated carbocycles. The van der Waals surface area contributed by atoms with Crippen LogP contribution >= 0.6 is 11.6 Å². The summed E-state index contributed by atoms with van der Waals surface area (Å²) < 4.78 is 53.4. The van der Waals surface area contributed by atoms with Crippen molar-refractivity contribution in [3.05, 3.63) is 34.6 Å². The molecule has 1 aliphatic rings. The molecule has 0 spiro atoms. The van der Waals surface area contributed by atoms with Crippen LogP contribution in [-0.2, 0) is 4.79 Å². The SMILES string of the molecule is CC1CC(C(=O)O)CN(C(=O)NC(c2ccc(F)c(Cl)c2)C(F)(F)F)C1. The number of likely N-dealkylation sites (tertiary alicyclic amines) is 1. The normalized spacial score (nSPS) is 22.0. The number of amides is 2. The molecule has 26 heavy (non-hydrogen) atoms. The van der Waals surface area contributed by atoms with E-state index in [4.69, 9.17) is 16.7 Å². The summed E-state index contributed by atoms with van der Waals surface area (Å²) in [5.41, 5.74) is -0.419. The van der Waals surface area contributed by atoms with Crippen LogP contribution in [0.25, 0.3) is 0 Å². The maximum absolute atomic E-state index is 13.4. The largest absolute Gasteiger partial charge is 0.481 e. The highest BCUT2D eigenvalue weighted by molar-refractivity contribution is 6.30. The van der Waals surface area contributed by atoms with Gasteiger partial charge in [-0.2, -0.15) is 13.2 Å². The predicted octanol–water partition coefficient (Wildman–Crippen LogP) is 3.83. The Morgan fingerprint density at radius 1 is 1.35 bits per heavy atom. The lowest BCUT2D eigenvalue weighted by atomic mass is 9.91. The number of hydrogen-bond acceptors (Lipinski definition) is 2. The summed E-state index contributed by atoms with van der Waals surface area (Å²) in [6.07, 6.45) is -4.50. The van der Waals surface area contributed by atoms with Crippen LogP contribution in [0.2, 0.25) is 5.02 Å². The van der Waals surface area contributed by atoms with E-state index in [-0.39, 0.29) is 19.0 Å². The molecule has 0 bridgehead atoms. The van der Waals surface area contributed by atoms with Crippen LogP contribution in [0.3, 0.4) is 0 Å². The first-order valence-corrected chi connectivity index (χ1v) is 8.16. The molecule has 1 fully saturated rings. The van der Waals surface area contributed by atoms with Gasteiger partial charge in [0.25, 0.3) is 0 Å². The maximum Gasteiger partial charge on any atom is 0.412 e. The average molecular weight is 397 g/mol. The number of alkyl halides is 3. The van der Waals surface area contributed by atoms with Gasteiger partial charge in [-0.1, -0.05) is 24.6 Å². The fourth-order valence-electron chi connectivity index (χ4n) is 2.96. The smallest absolute Gasteiger partial charge is 0.412 e. The van der Waals surface area contributed by atoms with Crippen molar-refractivity contribution in [3.8, 4) is 0 Å². The molecule has 10 heteroatoms. The average Bonchev–Trinajstić information content (AvgIpc) is 2.53. The summed E-state index contributed by atoms with van der Waals surface area (Å²) in [5, 5.41) is 10.5. The van der Waals surface area contributed by atoms with Crippen molar-refractivity contribution in [1.29, 1.82) is 0 Å². The number of carboxylic acid groups (broad SMARTS) is 1. The molecule has 2 amide bonds. The van der Waals surface area contributed by atoms with E-state index in [0.29, 0.717) is 6.42 Å². The second-order valence-electron chi connectivity index (χ2n) is 6.38. The highest BCUT2D eigenvalue weighted by atomic mass is 35.5. The third-order valence-electron chi connectivity index (χ3n) is 4.17. The van der Waals surface area contributed by atoms with E-state index >= 15 is 0 Å². The predicted molar refractivity (Wildman–Crippen MR) is 85.2 cm³/mol. The van der Waals surface area contributed by atoms with Crippen molar-refractivity contribution in [2.24, 2.45) is 11.8 Å². The second-order valence-corrected chi connectivity index (χ2v) is 6.79. The van der Waals surface area contributed by atoms with E-state index in [9.17, 15) is 27.2 Å². The Balaban J connectivity index is 2.21. The van der Waals surface area contributed by atoms with E-state index in [1.807, 2.05) is 5.32 Å². The number of halogens is 5. The molecule has 144 valence electrons. The first-order chi connectivity index (χ1) is 12.0. The van der Waals surface area contributed by atoms with Crippen LogP contribution < -0.4 is 5.32 Å². The van der Waals surface area contributed by atoms with Gasteiger partial charge in [0, 0.05) is 13.1 Å². The second kappa shape index (κ2) is 7.69. The van der Waals surface area contributed by atoms with Crippen LogP contribution in [0.5, 0.6) is 0 Å². The minimum atomic E-state index is -4.84. The molecule has 1 aromatic carbocycles. The number of nitrogens with one attached hydrogen (secondary N) is 1. The molecular formula is C16H17ClF4N2O3. The Morgan fingerprint density at radius 3 is 2.54 bits per heavy atom. The van der Waals surface area contributed by atoms with Gasteiger partial charge in [0.2, 0.25) is 0 Å². The van der Waals surface area contributed by atoms with Crippen molar-refractivity contribution in [2.75, 3.05) is 13.1 Å². The number of carbonyl (C=O) groups is 2. The van der Waals surface area contributed by atoms with Crippen LogP contribution in [-0.4, -0.2) is 41.3 Å². The van der Waals surface area contributed by atoms with E-state index in [0.717, 1.165) is 23.1 Å². The fraction of sp³-hybridized carbons (Fsp3) is 0.500. The van der Waals surface area contributed by atoms with Crippen molar-refractivity contribution < 1.29 is 32.3 Å². The van der Waals surface area contributed by atoms with Gasteiger partial charge in [0.05, 0.1) is 10.9 Å². The van der Waals surface area contributed by atoms with Gasteiger partial charge < -0.3 is 15.3 Å². The highest BCUT2D eigenvalue weighted by Crippen LogP contribution is 2.34. The Bertz CT molecular complexity index is 699. The van der Waals surface area contributed by atoms with E-state index in [1.165, 1.54) is 0 Å². The number of piperidine rings is 1. The van der Waals surface area contributed by atoms with Gasteiger partial charge in [0.15, 0.2) is 6.04 Å². The molecule has 1 aromatic rings. The van der Waals surface area contributed by atoms with E-state index in [2.05, 4.69) is 0 Å². The Kier molecular flexibility index (Phi) is 6.00. The molecule has 2 N–H and O–H groups in total. The minimum Gasteiger partial charge on any atom is -0.481 e. The van der Waals surface area contributed by atoms with Gasteiger partial charge >= 0.3 is 18.2 Å². The topological polar surface area (TPSA) is 69.6 Å². The molecule has 5 nitrogen and oxygen atoms in total. The summed E-state index contributed by atoms with van der Waals surface area (Å²) in [4.78, 5) is 24.5. The van der Waals surface area contributed by atoms with Gasteiger partial charge in [0.1, 0.15) is 5.82 Å². The molecule has 3 unspecified atom stereocenters. The number of benzene rings is 1. The van der Waals surface area contributed by atoms with Gasteiger partial charge in [-0.3, -0.25) is 4.79 Å². The molecule has 0 aromatic heterocycles. The highest BCUT2D eigenvalue weighted by Gasteiger charge is 2.43. The number of urea groups is 1.